The number of rotatable bonds is 4. The number of benzene rings is 1. The number of aliphatic hydroxyl groups is 1. The monoisotopic (exact) mass is 381 g/mol. The molecule has 0 spiro atoms. The lowest BCUT2D eigenvalue weighted by molar-refractivity contribution is 0.0183. The molecule has 2 aromatic heterocycles. The zero-order chi connectivity index (χ0) is 19.7. The molecule has 2 heterocycles. The van der Waals surface area contributed by atoms with Crippen LogP contribution in [0.2, 0.25) is 0 Å². The molecule has 0 saturated carbocycles. The normalized spacial score (nSPS) is 24.4. The first kappa shape index (κ1) is 18.2. The highest BCUT2D eigenvalue weighted by atomic mass is 19.1. The Bertz CT molecular complexity index is 1020. The van der Waals surface area contributed by atoms with Crippen molar-refractivity contribution in [3.8, 4) is 0 Å². The molecule has 0 fully saturated rings. The fourth-order valence-corrected chi connectivity index (χ4v) is 3.47. The number of carbonyl (C=O) groups excluding carboxylic acids is 1. The number of aliphatic hydroxyl groups excluding tert-OH is 1. The number of fused-ring (bicyclic) bond motifs is 1. The Morgan fingerprint density at radius 1 is 1.21 bits per heavy atom. The fourth-order valence-electron chi connectivity index (χ4n) is 3.47. The molecule has 4 rings (SSSR count). The van der Waals surface area contributed by atoms with Gasteiger partial charge in [0.05, 0.1) is 18.5 Å². The lowest BCUT2D eigenvalue weighted by Crippen LogP contribution is -2.38. The molecule has 0 unspecified atom stereocenters. The molecule has 0 saturated heterocycles. The van der Waals surface area contributed by atoms with E-state index in [1.165, 1.54) is 12.7 Å². The zero-order valence-corrected chi connectivity index (χ0v) is 15.2. The smallest absolute Gasteiger partial charge is 0.256 e. The lowest BCUT2D eigenvalue weighted by atomic mass is 9.86. The van der Waals surface area contributed by atoms with E-state index in [4.69, 9.17) is 0 Å². The van der Waals surface area contributed by atoms with Crippen LogP contribution in [0.3, 0.4) is 0 Å². The van der Waals surface area contributed by atoms with Crippen LogP contribution in [0.5, 0.6) is 0 Å². The van der Waals surface area contributed by atoms with Gasteiger partial charge in [0.25, 0.3) is 5.91 Å². The highest BCUT2D eigenvalue weighted by Gasteiger charge is 2.36. The van der Waals surface area contributed by atoms with Crippen LogP contribution in [0, 0.1) is 5.92 Å². The van der Waals surface area contributed by atoms with Gasteiger partial charge in [-0.3, -0.25) is 4.79 Å². The Morgan fingerprint density at radius 3 is 2.75 bits per heavy atom. The quantitative estimate of drug-likeness (QED) is 0.678. The van der Waals surface area contributed by atoms with Crippen molar-refractivity contribution in [1.82, 2.24) is 19.5 Å². The number of hydrogen-bond donors (Lipinski definition) is 2. The van der Waals surface area contributed by atoms with Gasteiger partial charge in [-0.05, 0) is 18.6 Å². The summed E-state index contributed by atoms with van der Waals surface area (Å²) in [6, 6.07) is 8.02. The van der Waals surface area contributed by atoms with Gasteiger partial charge in [0, 0.05) is 11.5 Å². The van der Waals surface area contributed by atoms with Crippen LogP contribution in [0.15, 0.2) is 55.1 Å². The van der Waals surface area contributed by atoms with Crippen LogP contribution >= 0.6 is 0 Å². The number of anilines is 1. The largest absolute Gasteiger partial charge is 0.389 e. The van der Waals surface area contributed by atoms with E-state index in [1.54, 1.807) is 34.9 Å². The summed E-state index contributed by atoms with van der Waals surface area (Å²) >= 11 is 0. The summed E-state index contributed by atoms with van der Waals surface area (Å²) in [5, 5.41) is 13.0. The lowest BCUT2D eigenvalue weighted by Gasteiger charge is -2.32. The molecule has 4 atom stereocenters. The Hall–Kier alpha value is -3.13. The van der Waals surface area contributed by atoms with Crippen molar-refractivity contribution in [3.63, 3.8) is 0 Å². The van der Waals surface area contributed by atoms with Gasteiger partial charge >= 0.3 is 0 Å². The molecule has 28 heavy (non-hydrogen) atoms. The molecule has 8 heteroatoms. The molecule has 1 aliphatic rings. The molecule has 1 aromatic carbocycles. The molecule has 0 bridgehead atoms. The first-order chi connectivity index (χ1) is 13.6. The third-order valence-electron chi connectivity index (χ3n) is 5.07. The van der Waals surface area contributed by atoms with Gasteiger partial charge in [0.2, 0.25) is 0 Å². The molecule has 3 aromatic rings. The van der Waals surface area contributed by atoms with E-state index in [9.17, 15) is 14.3 Å². The van der Waals surface area contributed by atoms with Gasteiger partial charge in [0.15, 0.2) is 23.2 Å². The highest BCUT2D eigenvalue weighted by molar-refractivity contribution is 6.06. The van der Waals surface area contributed by atoms with Crippen LogP contribution in [-0.2, 0) is 0 Å². The van der Waals surface area contributed by atoms with Crippen LogP contribution in [0.25, 0.3) is 11.2 Å². The summed E-state index contributed by atoms with van der Waals surface area (Å²) in [7, 11) is 0. The number of imidazole rings is 1. The van der Waals surface area contributed by atoms with Crippen molar-refractivity contribution in [2.24, 2.45) is 5.92 Å². The molecule has 1 aliphatic carbocycles. The fraction of sp³-hybridized carbons (Fsp3) is 0.300. The summed E-state index contributed by atoms with van der Waals surface area (Å²) < 4.78 is 16.4. The van der Waals surface area contributed by atoms with Crippen molar-refractivity contribution < 1.29 is 14.3 Å². The van der Waals surface area contributed by atoms with E-state index in [0.717, 1.165) is 0 Å². The third kappa shape index (κ3) is 3.16. The molecule has 1 amide bonds. The minimum Gasteiger partial charge on any atom is -0.389 e. The maximum Gasteiger partial charge on any atom is 0.256 e. The second kappa shape index (κ2) is 7.47. The Kier molecular flexibility index (Phi) is 4.87. The second-order valence-corrected chi connectivity index (χ2v) is 6.75. The SMILES string of the molecule is CC[C@H]1C=C[C@@H](n2cnc3c(NC(=O)c4ccccc4)ncnc32)[C@H](F)[C@@H]1O. The summed E-state index contributed by atoms with van der Waals surface area (Å²) in [5.74, 6) is -0.284. The number of halogens is 1. The Morgan fingerprint density at radius 2 is 2.00 bits per heavy atom. The first-order valence-corrected chi connectivity index (χ1v) is 9.14. The zero-order valence-electron chi connectivity index (χ0n) is 15.2. The van der Waals surface area contributed by atoms with E-state index >= 15 is 0 Å². The van der Waals surface area contributed by atoms with Crippen molar-refractivity contribution in [3.05, 3.63) is 60.7 Å². The number of nitrogens with one attached hydrogen (secondary N) is 1. The highest BCUT2D eigenvalue weighted by Crippen LogP contribution is 2.33. The van der Waals surface area contributed by atoms with E-state index < -0.39 is 18.3 Å². The van der Waals surface area contributed by atoms with Gasteiger partial charge in [-0.2, -0.15) is 0 Å². The van der Waals surface area contributed by atoms with Crippen molar-refractivity contribution >= 4 is 22.9 Å². The minimum absolute atomic E-state index is 0.212. The van der Waals surface area contributed by atoms with E-state index in [-0.39, 0.29) is 17.6 Å². The minimum atomic E-state index is -1.48. The molecular weight excluding hydrogens is 361 g/mol. The summed E-state index contributed by atoms with van der Waals surface area (Å²) in [6.45, 7) is 1.91. The van der Waals surface area contributed by atoms with Crippen molar-refractivity contribution in [1.29, 1.82) is 0 Å². The number of alkyl halides is 1. The van der Waals surface area contributed by atoms with E-state index in [0.29, 0.717) is 23.1 Å². The van der Waals surface area contributed by atoms with Crippen molar-refractivity contribution in [2.45, 2.75) is 31.7 Å². The molecule has 0 aliphatic heterocycles. The number of allylic oxidation sites excluding steroid dienone is 1. The molecule has 0 radical (unpaired) electrons. The van der Waals surface area contributed by atoms with Gasteiger partial charge in [-0.15, -0.1) is 0 Å². The number of hydrogen-bond acceptors (Lipinski definition) is 5. The third-order valence-corrected chi connectivity index (χ3v) is 5.07. The Balaban J connectivity index is 1.67. The first-order valence-electron chi connectivity index (χ1n) is 9.14. The van der Waals surface area contributed by atoms with Crippen LogP contribution in [-0.4, -0.2) is 42.8 Å². The van der Waals surface area contributed by atoms with Crippen molar-refractivity contribution in [2.75, 3.05) is 5.32 Å². The number of aromatic nitrogens is 4. The van der Waals surface area contributed by atoms with Crippen LogP contribution < -0.4 is 5.32 Å². The van der Waals surface area contributed by atoms with Gasteiger partial charge < -0.3 is 15.0 Å². The maximum atomic E-state index is 14.8. The van der Waals surface area contributed by atoms with Crippen LogP contribution in [0.4, 0.5) is 10.2 Å². The summed E-state index contributed by atoms with van der Waals surface area (Å²) in [4.78, 5) is 25.0. The average Bonchev–Trinajstić information content (AvgIpc) is 3.15. The predicted octanol–water partition coefficient (Wildman–Crippen LogP) is 2.91. The van der Waals surface area contributed by atoms with E-state index in [2.05, 4.69) is 20.3 Å². The molecule has 144 valence electrons. The molecular formula is C20H20FN5O2. The van der Waals surface area contributed by atoms with Crippen LogP contribution in [0.1, 0.15) is 29.7 Å². The molecule has 7 nitrogen and oxygen atoms in total. The van der Waals surface area contributed by atoms with Gasteiger partial charge in [-0.25, -0.2) is 19.3 Å². The number of nitrogens with zero attached hydrogens (tertiary/aromatic N) is 4. The number of carbonyl (C=O) groups is 1. The van der Waals surface area contributed by atoms with E-state index in [1.807, 2.05) is 19.1 Å². The van der Waals surface area contributed by atoms with Gasteiger partial charge in [-0.1, -0.05) is 37.3 Å². The second-order valence-electron chi connectivity index (χ2n) is 6.75. The standard InChI is InChI=1S/C20H20FN5O2/c1-2-12-8-9-14(15(21)17(12)27)26-11-24-16-18(22-10-23-19(16)26)25-20(28)13-6-4-3-5-7-13/h3-12,14-15,17,27H,2H2,1H3,(H,22,23,25,28)/t12-,14+,15-,17+/m0/s1. The predicted molar refractivity (Wildman–Crippen MR) is 103 cm³/mol. The topological polar surface area (TPSA) is 92.9 Å². The maximum absolute atomic E-state index is 14.8. The molecule has 2 N–H and O–H groups in total. The summed E-state index contributed by atoms with van der Waals surface area (Å²) in [6.07, 6.45) is 4.41. The van der Waals surface area contributed by atoms with Gasteiger partial charge in [0.1, 0.15) is 6.33 Å². The Labute approximate surface area is 161 Å². The number of amides is 1. The average molecular weight is 381 g/mol. The summed E-state index contributed by atoms with van der Waals surface area (Å²) in [5.41, 5.74) is 1.23.